The lowest BCUT2D eigenvalue weighted by molar-refractivity contribution is 0.0903. The van der Waals surface area contributed by atoms with Crippen molar-refractivity contribution >= 4 is 11.6 Å². The maximum atomic E-state index is 13.7. The molecule has 1 saturated carbocycles. The molecule has 0 atom stereocenters. The van der Waals surface area contributed by atoms with E-state index in [9.17, 15) is 13.6 Å². The van der Waals surface area contributed by atoms with Crippen molar-refractivity contribution < 1.29 is 13.6 Å². The van der Waals surface area contributed by atoms with Gasteiger partial charge in [-0.15, -0.1) is 0 Å². The first-order valence-electron chi connectivity index (χ1n) is 5.98. The number of amides is 1. The summed E-state index contributed by atoms with van der Waals surface area (Å²) in [6.07, 6.45) is 3.77. The second kappa shape index (κ2) is 4.55. The lowest BCUT2D eigenvalue weighted by atomic mass is 10.00. The fourth-order valence-electron chi connectivity index (χ4n) is 2.40. The largest absolute Gasteiger partial charge is 0.396 e. The van der Waals surface area contributed by atoms with E-state index in [1.54, 1.807) is 0 Å². The number of hydrogen-bond donors (Lipinski definition) is 2. The van der Waals surface area contributed by atoms with Gasteiger partial charge in [0.05, 0.1) is 11.3 Å². The topological polar surface area (TPSA) is 55.1 Å². The van der Waals surface area contributed by atoms with Crippen LogP contribution in [0.4, 0.5) is 14.5 Å². The smallest absolute Gasteiger partial charge is 0.254 e. The third-order valence-corrected chi connectivity index (χ3v) is 3.43. The SMILES string of the molecule is CC1(NC(=O)c2cc(F)cc(N)c2F)CCCC1. The highest BCUT2D eigenvalue weighted by Gasteiger charge is 2.31. The zero-order chi connectivity index (χ0) is 13.3. The van der Waals surface area contributed by atoms with E-state index in [1.807, 2.05) is 6.92 Å². The first-order valence-corrected chi connectivity index (χ1v) is 5.98. The van der Waals surface area contributed by atoms with Crippen molar-refractivity contribution in [1.29, 1.82) is 0 Å². The Morgan fingerprint density at radius 2 is 1.94 bits per heavy atom. The van der Waals surface area contributed by atoms with E-state index in [0.29, 0.717) is 0 Å². The molecule has 1 aliphatic rings. The van der Waals surface area contributed by atoms with Crippen LogP contribution < -0.4 is 11.1 Å². The lowest BCUT2D eigenvalue weighted by Gasteiger charge is -2.25. The van der Waals surface area contributed by atoms with Gasteiger partial charge >= 0.3 is 0 Å². The summed E-state index contributed by atoms with van der Waals surface area (Å²) in [5.74, 6) is -2.19. The Labute approximate surface area is 104 Å². The molecule has 0 spiro atoms. The Bertz CT molecular complexity index is 482. The average Bonchev–Trinajstić information content (AvgIpc) is 2.70. The van der Waals surface area contributed by atoms with Crippen LogP contribution in [-0.2, 0) is 0 Å². The summed E-state index contributed by atoms with van der Waals surface area (Å²) in [5.41, 5.74) is 4.29. The normalized spacial score (nSPS) is 17.7. The van der Waals surface area contributed by atoms with E-state index >= 15 is 0 Å². The van der Waals surface area contributed by atoms with Gasteiger partial charge in [0.1, 0.15) is 5.82 Å². The molecule has 0 heterocycles. The van der Waals surface area contributed by atoms with Gasteiger partial charge in [0, 0.05) is 5.54 Å². The Balaban J connectivity index is 2.23. The van der Waals surface area contributed by atoms with Crippen LogP contribution in [-0.4, -0.2) is 11.4 Å². The standard InChI is InChI=1S/C13H16F2N2O/c1-13(4-2-3-5-13)17-12(18)9-6-8(14)7-10(16)11(9)15/h6-7H,2-5,16H2,1H3,(H,17,18). The fourth-order valence-corrected chi connectivity index (χ4v) is 2.40. The summed E-state index contributed by atoms with van der Waals surface area (Å²) in [6.45, 7) is 1.92. The molecule has 0 aliphatic heterocycles. The maximum absolute atomic E-state index is 13.7. The van der Waals surface area contributed by atoms with Crippen molar-refractivity contribution in [3.05, 3.63) is 29.3 Å². The van der Waals surface area contributed by atoms with Gasteiger partial charge in [-0.05, 0) is 31.9 Å². The first kappa shape index (κ1) is 12.8. The van der Waals surface area contributed by atoms with Crippen LogP contribution in [0, 0.1) is 11.6 Å². The second-order valence-corrected chi connectivity index (χ2v) is 5.08. The van der Waals surface area contributed by atoms with Crippen molar-refractivity contribution in [2.24, 2.45) is 0 Å². The van der Waals surface area contributed by atoms with E-state index in [-0.39, 0.29) is 16.8 Å². The van der Waals surface area contributed by atoms with E-state index in [0.717, 1.165) is 37.8 Å². The molecule has 18 heavy (non-hydrogen) atoms. The minimum absolute atomic E-state index is 0.329. The zero-order valence-electron chi connectivity index (χ0n) is 10.2. The minimum Gasteiger partial charge on any atom is -0.396 e. The molecular weight excluding hydrogens is 238 g/mol. The van der Waals surface area contributed by atoms with Crippen molar-refractivity contribution in [1.82, 2.24) is 5.32 Å². The highest BCUT2D eigenvalue weighted by Crippen LogP contribution is 2.29. The van der Waals surface area contributed by atoms with Crippen LogP contribution in [0.15, 0.2) is 12.1 Å². The van der Waals surface area contributed by atoms with Crippen LogP contribution >= 0.6 is 0 Å². The molecule has 2 rings (SSSR count). The average molecular weight is 254 g/mol. The van der Waals surface area contributed by atoms with E-state index < -0.39 is 17.5 Å². The summed E-state index contributed by atoms with van der Waals surface area (Å²) in [4.78, 5) is 12.0. The molecule has 0 aromatic heterocycles. The molecule has 0 radical (unpaired) electrons. The van der Waals surface area contributed by atoms with Gasteiger partial charge in [-0.2, -0.15) is 0 Å². The maximum Gasteiger partial charge on any atom is 0.254 e. The third-order valence-electron chi connectivity index (χ3n) is 3.43. The van der Waals surface area contributed by atoms with E-state index in [4.69, 9.17) is 5.73 Å². The molecule has 3 N–H and O–H groups in total. The number of hydrogen-bond acceptors (Lipinski definition) is 2. The number of nitrogen functional groups attached to an aromatic ring is 1. The molecule has 5 heteroatoms. The number of benzene rings is 1. The van der Waals surface area contributed by atoms with Crippen LogP contribution in [0.25, 0.3) is 0 Å². The molecule has 1 fully saturated rings. The fraction of sp³-hybridized carbons (Fsp3) is 0.462. The molecule has 1 aromatic rings. The summed E-state index contributed by atoms with van der Waals surface area (Å²) in [7, 11) is 0. The predicted octanol–water partition coefficient (Wildman–Crippen LogP) is 2.61. The van der Waals surface area contributed by atoms with E-state index in [2.05, 4.69) is 5.32 Å². The Morgan fingerprint density at radius 1 is 1.33 bits per heavy atom. The number of halogens is 2. The van der Waals surface area contributed by atoms with Gasteiger partial charge in [-0.1, -0.05) is 12.8 Å². The second-order valence-electron chi connectivity index (χ2n) is 5.08. The van der Waals surface area contributed by atoms with Crippen LogP contribution in [0.2, 0.25) is 0 Å². The number of nitrogens with one attached hydrogen (secondary N) is 1. The van der Waals surface area contributed by atoms with Crippen molar-refractivity contribution in [2.75, 3.05) is 5.73 Å². The number of nitrogens with two attached hydrogens (primary N) is 1. The van der Waals surface area contributed by atoms with Gasteiger partial charge in [0.2, 0.25) is 0 Å². The Kier molecular flexibility index (Phi) is 3.24. The van der Waals surface area contributed by atoms with Crippen LogP contribution in [0.5, 0.6) is 0 Å². The molecule has 1 aromatic carbocycles. The molecule has 3 nitrogen and oxygen atoms in total. The lowest BCUT2D eigenvalue weighted by Crippen LogP contribution is -2.44. The minimum atomic E-state index is -0.865. The third kappa shape index (κ3) is 2.44. The quantitative estimate of drug-likeness (QED) is 0.797. The van der Waals surface area contributed by atoms with Gasteiger partial charge in [-0.3, -0.25) is 4.79 Å². The highest BCUT2D eigenvalue weighted by molar-refractivity contribution is 5.95. The van der Waals surface area contributed by atoms with Crippen molar-refractivity contribution in [2.45, 2.75) is 38.1 Å². The van der Waals surface area contributed by atoms with Gasteiger partial charge in [0.25, 0.3) is 5.91 Å². The van der Waals surface area contributed by atoms with Gasteiger partial charge < -0.3 is 11.1 Å². The van der Waals surface area contributed by atoms with Crippen LogP contribution in [0.1, 0.15) is 43.0 Å². The molecule has 98 valence electrons. The predicted molar refractivity (Wildman–Crippen MR) is 65.1 cm³/mol. The highest BCUT2D eigenvalue weighted by atomic mass is 19.1. The Hall–Kier alpha value is -1.65. The molecular formula is C13H16F2N2O. The summed E-state index contributed by atoms with van der Waals surface area (Å²) in [6, 6.07) is 1.74. The summed E-state index contributed by atoms with van der Waals surface area (Å²) < 4.78 is 26.8. The van der Waals surface area contributed by atoms with Crippen LogP contribution in [0.3, 0.4) is 0 Å². The van der Waals surface area contributed by atoms with Crippen molar-refractivity contribution in [3.8, 4) is 0 Å². The molecule has 0 bridgehead atoms. The molecule has 1 aliphatic carbocycles. The van der Waals surface area contributed by atoms with Gasteiger partial charge in [0.15, 0.2) is 5.82 Å². The molecule has 0 unspecified atom stereocenters. The van der Waals surface area contributed by atoms with Crippen molar-refractivity contribution in [3.63, 3.8) is 0 Å². The summed E-state index contributed by atoms with van der Waals surface area (Å²) in [5, 5.41) is 2.77. The Morgan fingerprint density at radius 3 is 2.56 bits per heavy atom. The molecule has 1 amide bonds. The zero-order valence-corrected chi connectivity index (χ0v) is 10.2. The number of anilines is 1. The number of carbonyl (C=O) groups is 1. The number of carbonyl (C=O) groups excluding carboxylic acids is 1. The monoisotopic (exact) mass is 254 g/mol. The van der Waals surface area contributed by atoms with E-state index in [1.165, 1.54) is 0 Å². The van der Waals surface area contributed by atoms with Gasteiger partial charge in [-0.25, -0.2) is 8.78 Å². The number of rotatable bonds is 2. The summed E-state index contributed by atoms with van der Waals surface area (Å²) >= 11 is 0. The first-order chi connectivity index (χ1) is 8.41. The molecule has 0 saturated heterocycles.